The molecule has 0 unspecified atom stereocenters. The molecule has 0 aromatic heterocycles. The monoisotopic (exact) mass is 328 g/mol. The largest absolute Gasteiger partial charge is 0.355 e. The highest BCUT2D eigenvalue weighted by molar-refractivity contribution is 7.81. The summed E-state index contributed by atoms with van der Waals surface area (Å²) >= 11 is 9.66. The number of hydrogen-bond acceptors (Lipinski definition) is 3. The molecule has 1 rings (SSSR count). The van der Waals surface area contributed by atoms with E-state index < -0.39 is 0 Å². The van der Waals surface area contributed by atoms with Gasteiger partial charge in [-0.2, -0.15) is 12.6 Å². The molecule has 0 spiro atoms. The summed E-state index contributed by atoms with van der Waals surface area (Å²) < 4.78 is 0. The van der Waals surface area contributed by atoms with Gasteiger partial charge in [-0.15, -0.1) is 0 Å². The van der Waals surface area contributed by atoms with Gasteiger partial charge in [0.25, 0.3) is 0 Å². The fraction of sp³-hybridized carbons (Fsp3) is 0.467. The van der Waals surface area contributed by atoms with Gasteiger partial charge < -0.3 is 10.6 Å². The number of hydrogen-bond donors (Lipinski definition) is 3. The first-order valence-corrected chi connectivity index (χ1v) is 8.06. The van der Waals surface area contributed by atoms with Crippen LogP contribution in [0.25, 0.3) is 0 Å². The number of carbonyl (C=O) groups excluding carboxylic acids is 2. The minimum atomic E-state index is -0.0410. The average Bonchev–Trinajstić information content (AvgIpc) is 2.48. The highest BCUT2D eigenvalue weighted by atomic mass is 35.5. The zero-order valence-corrected chi connectivity index (χ0v) is 13.6. The molecular weight excluding hydrogens is 308 g/mol. The zero-order chi connectivity index (χ0) is 15.5. The SMILES string of the molecule is O=C(CS)NCCCCCCC(=O)Nc1ccc(Cl)cc1. The molecule has 0 aliphatic carbocycles. The maximum atomic E-state index is 11.7. The summed E-state index contributed by atoms with van der Waals surface area (Å²) in [6, 6.07) is 7.06. The molecule has 0 heterocycles. The summed E-state index contributed by atoms with van der Waals surface area (Å²) in [7, 11) is 0. The van der Waals surface area contributed by atoms with E-state index in [1.165, 1.54) is 0 Å². The number of thiol groups is 1. The van der Waals surface area contributed by atoms with Gasteiger partial charge in [0.05, 0.1) is 5.75 Å². The third-order valence-electron chi connectivity index (χ3n) is 2.92. The normalized spacial score (nSPS) is 10.2. The van der Waals surface area contributed by atoms with Gasteiger partial charge in [0, 0.05) is 23.7 Å². The first-order valence-electron chi connectivity index (χ1n) is 7.05. The van der Waals surface area contributed by atoms with E-state index in [9.17, 15) is 9.59 Å². The van der Waals surface area contributed by atoms with E-state index in [1.807, 2.05) is 0 Å². The van der Waals surface area contributed by atoms with Crippen LogP contribution in [0, 0.1) is 0 Å². The Morgan fingerprint density at radius 2 is 1.67 bits per heavy atom. The van der Waals surface area contributed by atoms with Crippen LogP contribution in [0.4, 0.5) is 5.69 Å². The van der Waals surface area contributed by atoms with Crippen LogP contribution in [-0.2, 0) is 9.59 Å². The molecule has 21 heavy (non-hydrogen) atoms. The third-order valence-corrected chi connectivity index (χ3v) is 3.46. The van der Waals surface area contributed by atoms with Gasteiger partial charge in [-0.05, 0) is 37.1 Å². The minimum absolute atomic E-state index is 0.0145. The Labute approximate surface area is 136 Å². The van der Waals surface area contributed by atoms with E-state index in [4.69, 9.17) is 11.6 Å². The quantitative estimate of drug-likeness (QED) is 0.481. The predicted octanol–water partition coefficient (Wildman–Crippen LogP) is 3.28. The van der Waals surface area contributed by atoms with E-state index in [-0.39, 0.29) is 17.6 Å². The molecule has 1 aromatic rings. The number of carbonyl (C=O) groups is 2. The van der Waals surface area contributed by atoms with Gasteiger partial charge in [0.2, 0.25) is 11.8 Å². The molecule has 0 atom stereocenters. The number of anilines is 1. The standard InChI is InChI=1S/C15H21ClN2O2S/c16-12-6-8-13(9-7-12)18-14(19)5-3-1-2-4-10-17-15(20)11-21/h6-9,21H,1-5,10-11H2,(H,17,20)(H,18,19). The first-order chi connectivity index (χ1) is 10.1. The summed E-state index contributed by atoms with van der Waals surface area (Å²) in [5.74, 6) is 0.201. The van der Waals surface area contributed by atoms with Crippen molar-refractivity contribution in [3.8, 4) is 0 Å². The lowest BCUT2D eigenvalue weighted by Crippen LogP contribution is -2.25. The van der Waals surface area contributed by atoms with Gasteiger partial charge in [0.1, 0.15) is 0 Å². The van der Waals surface area contributed by atoms with Crippen LogP contribution >= 0.6 is 24.2 Å². The first kappa shape index (κ1) is 17.9. The molecular formula is C15H21ClN2O2S. The molecule has 0 aliphatic heterocycles. The number of nitrogens with one attached hydrogen (secondary N) is 2. The van der Waals surface area contributed by atoms with E-state index in [1.54, 1.807) is 24.3 Å². The lowest BCUT2D eigenvalue weighted by atomic mass is 10.1. The Kier molecular flexibility index (Phi) is 8.94. The fourth-order valence-electron chi connectivity index (χ4n) is 1.80. The predicted molar refractivity (Wildman–Crippen MR) is 90.0 cm³/mol. The van der Waals surface area contributed by atoms with Gasteiger partial charge >= 0.3 is 0 Å². The molecule has 4 nitrogen and oxygen atoms in total. The average molecular weight is 329 g/mol. The molecule has 0 aliphatic rings. The van der Waals surface area contributed by atoms with Gasteiger partial charge in [0.15, 0.2) is 0 Å². The Morgan fingerprint density at radius 1 is 1.00 bits per heavy atom. The zero-order valence-electron chi connectivity index (χ0n) is 11.9. The number of benzene rings is 1. The molecule has 0 radical (unpaired) electrons. The Balaban J connectivity index is 2.03. The lowest BCUT2D eigenvalue weighted by molar-refractivity contribution is -0.118. The highest BCUT2D eigenvalue weighted by Gasteiger charge is 2.02. The topological polar surface area (TPSA) is 58.2 Å². The Hall–Kier alpha value is -1.20. The van der Waals surface area contributed by atoms with Crippen molar-refractivity contribution in [1.82, 2.24) is 5.32 Å². The summed E-state index contributed by atoms with van der Waals surface area (Å²) in [5, 5.41) is 6.25. The molecule has 0 fully saturated rings. The van der Waals surface area contributed by atoms with Gasteiger partial charge in [-0.1, -0.05) is 24.4 Å². The maximum Gasteiger partial charge on any atom is 0.229 e. The van der Waals surface area contributed by atoms with Crippen molar-refractivity contribution < 1.29 is 9.59 Å². The number of unbranched alkanes of at least 4 members (excludes halogenated alkanes) is 3. The minimum Gasteiger partial charge on any atom is -0.355 e. The molecule has 2 amide bonds. The van der Waals surface area contributed by atoms with E-state index in [0.29, 0.717) is 18.0 Å². The van der Waals surface area contributed by atoms with Crippen molar-refractivity contribution in [3.63, 3.8) is 0 Å². The molecule has 116 valence electrons. The van der Waals surface area contributed by atoms with Crippen LogP contribution in [0.5, 0.6) is 0 Å². The molecule has 0 bridgehead atoms. The van der Waals surface area contributed by atoms with Crippen LogP contribution in [0.1, 0.15) is 32.1 Å². The fourth-order valence-corrected chi connectivity index (χ4v) is 2.04. The number of halogens is 1. The van der Waals surface area contributed by atoms with E-state index in [2.05, 4.69) is 23.3 Å². The van der Waals surface area contributed by atoms with Crippen molar-refractivity contribution >= 4 is 41.7 Å². The van der Waals surface area contributed by atoms with Crippen molar-refractivity contribution in [2.75, 3.05) is 17.6 Å². The third kappa shape index (κ3) is 8.63. The molecule has 0 saturated heterocycles. The second-order valence-electron chi connectivity index (χ2n) is 4.73. The maximum absolute atomic E-state index is 11.7. The molecule has 6 heteroatoms. The lowest BCUT2D eigenvalue weighted by Gasteiger charge is -2.06. The second kappa shape index (κ2) is 10.5. The number of rotatable bonds is 9. The Bertz CT molecular complexity index is 451. The summed E-state index contributed by atoms with van der Waals surface area (Å²) in [6.07, 6.45) is 4.26. The molecule has 0 saturated carbocycles. The van der Waals surface area contributed by atoms with Crippen molar-refractivity contribution in [1.29, 1.82) is 0 Å². The number of amides is 2. The Morgan fingerprint density at radius 3 is 2.33 bits per heavy atom. The molecule has 2 N–H and O–H groups in total. The van der Waals surface area contributed by atoms with Gasteiger partial charge in [-0.3, -0.25) is 9.59 Å². The second-order valence-corrected chi connectivity index (χ2v) is 5.48. The highest BCUT2D eigenvalue weighted by Crippen LogP contribution is 2.14. The van der Waals surface area contributed by atoms with E-state index in [0.717, 1.165) is 31.4 Å². The van der Waals surface area contributed by atoms with E-state index >= 15 is 0 Å². The van der Waals surface area contributed by atoms with Crippen LogP contribution in [0.15, 0.2) is 24.3 Å². The van der Waals surface area contributed by atoms with Crippen molar-refractivity contribution in [2.24, 2.45) is 0 Å². The van der Waals surface area contributed by atoms with Crippen LogP contribution < -0.4 is 10.6 Å². The smallest absolute Gasteiger partial charge is 0.229 e. The summed E-state index contributed by atoms with van der Waals surface area (Å²) in [6.45, 7) is 0.677. The van der Waals surface area contributed by atoms with Crippen molar-refractivity contribution in [2.45, 2.75) is 32.1 Å². The van der Waals surface area contributed by atoms with Crippen LogP contribution in [0.3, 0.4) is 0 Å². The molecule has 1 aromatic carbocycles. The van der Waals surface area contributed by atoms with Crippen molar-refractivity contribution in [3.05, 3.63) is 29.3 Å². The van der Waals surface area contributed by atoms with Crippen LogP contribution in [-0.4, -0.2) is 24.1 Å². The van der Waals surface area contributed by atoms with Gasteiger partial charge in [-0.25, -0.2) is 0 Å². The summed E-state index contributed by atoms with van der Waals surface area (Å²) in [4.78, 5) is 22.6. The summed E-state index contributed by atoms with van der Waals surface area (Å²) in [5.41, 5.74) is 0.763. The van der Waals surface area contributed by atoms with Crippen LogP contribution in [0.2, 0.25) is 5.02 Å².